The molecule has 13 N–H and O–H groups in total. The number of benzene rings is 1. The van der Waals surface area contributed by atoms with Crippen molar-refractivity contribution in [2.75, 3.05) is 23.4 Å². The van der Waals surface area contributed by atoms with Crippen LogP contribution in [0.1, 0.15) is 63.9 Å². The fourth-order valence-corrected chi connectivity index (χ4v) is 6.83. The molecule has 1 aromatic rings. The lowest BCUT2D eigenvalue weighted by atomic mass is 10.1. The molecule has 7 amide bonds. The molecule has 0 saturated carbocycles. The molecule has 0 aliphatic heterocycles. The van der Waals surface area contributed by atoms with Gasteiger partial charge in [0.25, 0.3) is 0 Å². The van der Waals surface area contributed by atoms with E-state index in [4.69, 9.17) is 5.11 Å². The molecule has 0 saturated heterocycles. The summed E-state index contributed by atoms with van der Waals surface area (Å²) in [4.78, 5) is 132. The van der Waals surface area contributed by atoms with Gasteiger partial charge in [0.15, 0.2) is 0 Å². The van der Waals surface area contributed by atoms with E-state index in [1.54, 1.807) is 0 Å². The van der Waals surface area contributed by atoms with Gasteiger partial charge in [-0.1, -0.05) is 40.6 Å². The maximum Gasteiger partial charge on any atom is 0.327 e. The number of hydrogen-bond donors (Lipinski definition) is 13. The second-order valence-corrected chi connectivity index (χ2v) is 15.7. The highest BCUT2D eigenvalue weighted by molar-refractivity contribution is 8.76. The van der Waals surface area contributed by atoms with Gasteiger partial charge in [-0.25, -0.2) is 24.0 Å². The lowest BCUT2D eigenvalue weighted by molar-refractivity contribution is -0.144. The van der Waals surface area contributed by atoms with Gasteiger partial charge in [0.2, 0.25) is 17.7 Å². The minimum Gasteiger partial charge on any atom is -0.481 e. The Balaban J connectivity index is 2.69. The number of hydrogen-bond acceptors (Lipinski definition) is 13. The van der Waals surface area contributed by atoms with Gasteiger partial charge < -0.3 is 67.9 Å². The van der Waals surface area contributed by atoms with E-state index in [0.29, 0.717) is 11.3 Å². The Hall–Kier alpha value is -6.31. The van der Waals surface area contributed by atoms with E-state index in [9.17, 15) is 78.3 Å². The number of aliphatic carboxylic acids is 6. The van der Waals surface area contributed by atoms with Crippen molar-refractivity contribution < 1.29 is 83.4 Å². The summed E-state index contributed by atoms with van der Waals surface area (Å²) in [5.74, 6) is -11.1. The Morgan fingerprint density at radius 1 is 0.557 bits per heavy atom. The minimum atomic E-state index is -1.82. The van der Waals surface area contributed by atoms with Crippen molar-refractivity contribution in [3.8, 4) is 0 Å². The molecule has 0 aliphatic carbocycles. The summed E-state index contributed by atoms with van der Waals surface area (Å²) in [5.41, 5.74) is 0.635. The molecule has 1 aromatic carbocycles. The Kier molecular flexibility index (Phi) is 24.4. The van der Waals surface area contributed by atoms with Crippen LogP contribution in [0, 0.1) is 0 Å². The van der Waals surface area contributed by atoms with Crippen LogP contribution in [0.3, 0.4) is 0 Å². The number of anilines is 1. The molecule has 26 heteroatoms. The molecule has 0 heterocycles. The molecule has 0 fully saturated rings. The molecule has 0 spiro atoms. The fourth-order valence-electron chi connectivity index (χ4n) is 5.00. The standard InChI is InChI=1S/C35H49N7O17S2/c1-2-60-61-17-24(33(56)57)40-30(51)23(16-28(48)49)39-29(50)22(15-27(46)47)38-25(43)14-18-9-11-19(12-10-18)37-34(58)36-13-4-3-6-20(31(52)53)41-35(59)42-21(32(54)55)7-5-8-26(44)45/h9-12,20-24H,2-8,13-17H2,1H3,(H,38,43)(H,39,50)(H,40,51)(H,44,45)(H,46,47)(H,48,49)(H,52,53)(H,54,55)(H,56,57)(H2,36,37,58)(H2,41,42,59)/t20-,21-,22-,23-,24-/m0/s1. The van der Waals surface area contributed by atoms with Crippen LogP contribution in [0.15, 0.2) is 24.3 Å². The van der Waals surface area contributed by atoms with E-state index in [2.05, 4.69) is 37.2 Å². The van der Waals surface area contributed by atoms with Crippen LogP contribution in [0.25, 0.3) is 0 Å². The van der Waals surface area contributed by atoms with E-state index >= 15 is 0 Å². The number of amides is 7. The zero-order chi connectivity index (χ0) is 46.1. The summed E-state index contributed by atoms with van der Waals surface area (Å²) in [6.07, 6.45) is -2.45. The van der Waals surface area contributed by atoms with Gasteiger partial charge in [-0.3, -0.25) is 28.8 Å². The maximum atomic E-state index is 13.0. The third-order valence-corrected chi connectivity index (χ3v) is 10.5. The highest BCUT2D eigenvalue weighted by Gasteiger charge is 2.32. The van der Waals surface area contributed by atoms with Gasteiger partial charge in [-0.05, 0) is 49.8 Å². The molecular formula is C35H49N7O17S2. The smallest absolute Gasteiger partial charge is 0.327 e. The van der Waals surface area contributed by atoms with Crippen molar-refractivity contribution >= 4 is 92.9 Å². The summed E-state index contributed by atoms with van der Waals surface area (Å²) in [6, 6.07) is -3.83. The number of nitrogens with one attached hydrogen (secondary N) is 7. The lowest BCUT2D eigenvalue weighted by Gasteiger charge is -2.23. The van der Waals surface area contributed by atoms with Gasteiger partial charge in [0.1, 0.15) is 30.2 Å². The van der Waals surface area contributed by atoms with Crippen LogP contribution in [0.4, 0.5) is 15.3 Å². The monoisotopic (exact) mass is 903 g/mol. The van der Waals surface area contributed by atoms with Crippen molar-refractivity contribution in [1.29, 1.82) is 0 Å². The van der Waals surface area contributed by atoms with Gasteiger partial charge in [-0.15, -0.1) is 0 Å². The van der Waals surface area contributed by atoms with E-state index in [0.717, 1.165) is 10.8 Å². The quantitative estimate of drug-likeness (QED) is 0.0353. The van der Waals surface area contributed by atoms with Gasteiger partial charge in [-0.2, -0.15) is 0 Å². The first-order valence-electron chi connectivity index (χ1n) is 18.4. The third kappa shape index (κ3) is 23.2. The number of rotatable bonds is 30. The predicted octanol–water partition coefficient (Wildman–Crippen LogP) is -0.129. The lowest BCUT2D eigenvalue weighted by Crippen LogP contribution is -2.57. The second kappa shape index (κ2) is 28.2. The Bertz CT molecular complexity index is 1730. The number of carbonyl (C=O) groups is 11. The van der Waals surface area contributed by atoms with E-state index in [1.165, 1.54) is 35.1 Å². The largest absolute Gasteiger partial charge is 0.481 e. The van der Waals surface area contributed by atoms with Crippen LogP contribution >= 0.6 is 21.6 Å². The normalized spacial score (nSPS) is 13.1. The fraction of sp³-hybridized carbons (Fsp3) is 0.514. The van der Waals surface area contributed by atoms with Gasteiger partial charge in [0.05, 0.1) is 19.3 Å². The molecule has 0 unspecified atom stereocenters. The van der Waals surface area contributed by atoms with E-state index in [-0.39, 0.29) is 62.9 Å². The number of carbonyl (C=O) groups excluding carboxylic acids is 5. The average molecular weight is 904 g/mol. The van der Waals surface area contributed by atoms with E-state index in [1.807, 2.05) is 6.92 Å². The molecule has 61 heavy (non-hydrogen) atoms. The summed E-state index contributed by atoms with van der Waals surface area (Å²) in [7, 11) is 2.46. The number of urea groups is 2. The van der Waals surface area contributed by atoms with Crippen LogP contribution in [-0.2, 0) is 49.6 Å². The maximum absolute atomic E-state index is 13.0. The predicted molar refractivity (Wildman–Crippen MR) is 216 cm³/mol. The molecule has 1 rings (SSSR count). The highest BCUT2D eigenvalue weighted by Crippen LogP contribution is 2.21. The third-order valence-electron chi connectivity index (χ3n) is 7.96. The molecular weight excluding hydrogens is 855 g/mol. The zero-order valence-corrected chi connectivity index (χ0v) is 34.3. The molecule has 24 nitrogen and oxygen atoms in total. The first-order chi connectivity index (χ1) is 28.7. The molecule has 0 aromatic heterocycles. The molecule has 0 bridgehead atoms. The van der Waals surface area contributed by atoms with Crippen molar-refractivity contribution in [3.63, 3.8) is 0 Å². The van der Waals surface area contributed by atoms with Gasteiger partial charge in [0, 0.05) is 30.2 Å². The van der Waals surface area contributed by atoms with Gasteiger partial charge >= 0.3 is 47.9 Å². The van der Waals surface area contributed by atoms with Crippen LogP contribution in [0.2, 0.25) is 0 Å². The Morgan fingerprint density at radius 2 is 1.07 bits per heavy atom. The van der Waals surface area contributed by atoms with Crippen molar-refractivity contribution in [3.05, 3.63) is 29.8 Å². The zero-order valence-electron chi connectivity index (χ0n) is 32.7. The molecule has 0 aliphatic rings. The summed E-state index contributed by atoms with van der Waals surface area (Å²) >= 11 is 0. The van der Waals surface area contributed by atoms with Crippen LogP contribution in [0.5, 0.6) is 0 Å². The number of carboxylic acid groups (broad SMARTS) is 6. The Labute approximate surface area is 355 Å². The highest BCUT2D eigenvalue weighted by atomic mass is 33.1. The van der Waals surface area contributed by atoms with E-state index < -0.39 is 109 Å². The van der Waals surface area contributed by atoms with Crippen molar-refractivity contribution in [2.24, 2.45) is 0 Å². The topological polar surface area (TPSA) is 393 Å². The first-order valence-corrected chi connectivity index (χ1v) is 20.9. The van der Waals surface area contributed by atoms with Crippen molar-refractivity contribution in [1.82, 2.24) is 31.9 Å². The average Bonchev–Trinajstić information content (AvgIpc) is 3.16. The SMILES string of the molecule is CCSSC[C@H](NC(=O)[C@H](CC(=O)O)NC(=O)[C@H](CC(=O)O)NC(=O)Cc1ccc(NC(=O)NCCCC[C@H](NC(=O)N[C@@H](CCCC(=O)O)C(=O)O)C(=O)O)cc1)C(=O)O. The minimum absolute atomic E-state index is 0.0344. The molecule has 5 atom stereocenters. The summed E-state index contributed by atoms with van der Waals surface area (Å²) < 4.78 is 0. The summed E-state index contributed by atoms with van der Waals surface area (Å²) in [5, 5.41) is 71.3. The second-order valence-electron chi connectivity index (χ2n) is 12.9. The Morgan fingerprint density at radius 3 is 1.56 bits per heavy atom. The number of unbranched alkanes of at least 4 members (excludes halogenated alkanes) is 1. The summed E-state index contributed by atoms with van der Waals surface area (Å²) in [6.45, 7) is 1.91. The molecule has 0 radical (unpaired) electrons. The van der Waals surface area contributed by atoms with Crippen LogP contribution in [-0.4, -0.2) is 144 Å². The van der Waals surface area contributed by atoms with Crippen molar-refractivity contribution in [2.45, 2.75) is 94.9 Å². The van der Waals surface area contributed by atoms with Crippen LogP contribution < -0.4 is 37.2 Å². The first kappa shape index (κ1) is 52.7. The number of carboxylic acids is 6. The molecule has 338 valence electrons.